The molecule has 2 aromatic heterocycles. The number of benzene rings is 2. The third-order valence-corrected chi connectivity index (χ3v) is 6.45. The maximum atomic E-state index is 10.0. The molecule has 0 spiro atoms. The molecule has 1 unspecified atom stereocenters. The zero-order valence-corrected chi connectivity index (χ0v) is 18.2. The van der Waals surface area contributed by atoms with Crippen LogP contribution in [0.15, 0.2) is 60.8 Å². The van der Waals surface area contributed by atoms with E-state index in [-0.39, 0.29) is 12.6 Å². The summed E-state index contributed by atoms with van der Waals surface area (Å²) in [5, 5.41) is 10.0. The molecule has 0 bridgehead atoms. The fourth-order valence-corrected chi connectivity index (χ4v) is 4.82. The molecule has 0 radical (unpaired) electrons. The van der Waals surface area contributed by atoms with Gasteiger partial charge >= 0.3 is 0 Å². The highest BCUT2D eigenvalue weighted by Gasteiger charge is 2.28. The van der Waals surface area contributed by atoms with Crippen LogP contribution in [0.4, 0.5) is 0 Å². The Bertz CT molecular complexity index is 1180. The van der Waals surface area contributed by atoms with Crippen LogP contribution < -0.4 is 5.73 Å². The molecular formula is C26H29N5O. The Morgan fingerprint density at radius 2 is 1.97 bits per heavy atom. The predicted octanol–water partition coefficient (Wildman–Crippen LogP) is 3.99. The summed E-state index contributed by atoms with van der Waals surface area (Å²) in [5.74, 6) is 0.943. The molecule has 2 aromatic carbocycles. The number of hydrogen-bond acceptors (Lipinski definition) is 5. The first-order valence-corrected chi connectivity index (χ1v) is 11.3. The molecule has 1 atom stereocenters. The van der Waals surface area contributed by atoms with E-state index < -0.39 is 0 Å². The minimum atomic E-state index is 0.00115. The van der Waals surface area contributed by atoms with Gasteiger partial charge in [-0.1, -0.05) is 36.4 Å². The van der Waals surface area contributed by atoms with Gasteiger partial charge in [0.15, 0.2) is 0 Å². The molecule has 1 aliphatic rings. The van der Waals surface area contributed by atoms with Gasteiger partial charge in [0.25, 0.3) is 0 Å². The van der Waals surface area contributed by atoms with Crippen molar-refractivity contribution in [3.05, 3.63) is 94.6 Å². The Labute approximate surface area is 188 Å². The fourth-order valence-electron chi connectivity index (χ4n) is 4.82. The summed E-state index contributed by atoms with van der Waals surface area (Å²) in [6.07, 6.45) is 5.16. The molecule has 0 aliphatic heterocycles. The highest BCUT2D eigenvalue weighted by atomic mass is 16.3. The lowest BCUT2D eigenvalue weighted by molar-refractivity contribution is 0.152. The van der Waals surface area contributed by atoms with E-state index in [0.717, 1.165) is 52.8 Å². The zero-order chi connectivity index (χ0) is 21.9. The van der Waals surface area contributed by atoms with Crippen molar-refractivity contribution in [1.82, 2.24) is 19.9 Å². The highest BCUT2D eigenvalue weighted by Crippen LogP contribution is 2.35. The Hall–Kier alpha value is -3.06. The number of imidazole rings is 1. The average Bonchev–Trinajstić information content (AvgIpc) is 3.26. The molecular weight excluding hydrogens is 398 g/mol. The zero-order valence-electron chi connectivity index (χ0n) is 18.2. The van der Waals surface area contributed by atoms with Crippen molar-refractivity contribution in [2.75, 3.05) is 0 Å². The highest BCUT2D eigenvalue weighted by molar-refractivity contribution is 5.74. The summed E-state index contributed by atoms with van der Waals surface area (Å²) in [6.45, 7) is 1.86. The molecule has 4 aromatic rings. The van der Waals surface area contributed by atoms with Gasteiger partial charge in [0, 0.05) is 19.3 Å². The number of aryl methyl sites for hydroxylation is 1. The normalized spacial score (nSPS) is 15.9. The molecule has 4 N–H and O–H groups in total. The Morgan fingerprint density at radius 1 is 1.06 bits per heavy atom. The number of nitrogens with two attached hydrogens (primary N) is 1. The first kappa shape index (κ1) is 20.8. The van der Waals surface area contributed by atoms with E-state index in [4.69, 9.17) is 15.7 Å². The molecule has 164 valence electrons. The van der Waals surface area contributed by atoms with Gasteiger partial charge in [-0.3, -0.25) is 9.88 Å². The van der Waals surface area contributed by atoms with Gasteiger partial charge in [-0.2, -0.15) is 0 Å². The number of nitrogens with one attached hydrogen (secondary N) is 1. The van der Waals surface area contributed by atoms with Crippen LogP contribution in [0.1, 0.15) is 52.7 Å². The Balaban J connectivity index is 1.52. The minimum Gasteiger partial charge on any atom is -0.392 e. The monoisotopic (exact) mass is 427 g/mol. The lowest BCUT2D eigenvalue weighted by Gasteiger charge is -2.35. The van der Waals surface area contributed by atoms with E-state index >= 15 is 0 Å². The van der Waals surface area contributed by atoms with Gasteiger partial charge in [-0.15, -0.1) is 0 Å². The largest absolute Gasteiger partial charge is 0.392 e. The van der Waals surface area contributed by atoms with Crippen LogP contribution in [0.3, 0.4) is 0 Å². The standard InChI is InChI=1S/C26H29N5O/c27-14-18-10-11-20(21(13-18)17-32)15-31(16-25-29-22-7-1-2-8-23(22)30-25)24-9-3-5-19-6-4-12-28-26(19)24/h1-2,4,6-8,10-13,24,32H,3,5,9,14-17,27H2,(H,29,30). The predicted molar refractivity (Wildman–Crippen MR) is 126 cm³/mol. The number of nitrogens with zero attached hydrogens (tertiary/aromatic N) is 3. The molecule has 6 heteroatoms. The second kappa shape index (κ2) is 9.20. The van der Waals surface area contributed by atoms with E-state index in [9.17, 15) is 5.11 Å². The quantitative estimate of drug-likeness (QED) is 0.415. The Morgan fingerprint density at radius 3 is 2.81 bits per heavy atom. The van der Waals surface area contributed by atoms with E-state index in [0.29, 0.717) is 19.6 Å². The van der Waals surface area contributed by atoms with Crippen molar-refractivity contribution in [1.29, 1.82) is 0 Å². The van der Waals surface area contributed by atoms with Gasteiger partial charge in [-0.05, 0) is 59.7 Å². The third-order valence-electron chi connectivity index (χ3n) is 6.45. The summed E-state index contributed by atoms with van der Waals surface area (Å²) in [5.41, 5.74) is 13.4. The van der Waals surface area contributed by atoms with E-state index in [1.54, 1.807) is 0 Å². The molecule has 32 heavy (non-hydrogen) atoms. The first-order chi connectivity index (χ1) is 15.7. The number of fused-ring (bicyclic) bond motifs is 2. The summed E-state index contributed by atoms with van der Waals surface area (Å²) >= 11 is 0. The van der Waals surface area contributed by atoms with E-state index in [2.05, 4.69) is 34.1 Å². The van der Waals surface area contributed by atoms with Crippen LogP contribution in [-0.2, 0) is 32.7 Å². The number of hydrogen-bond donors (Lipinski definition) is 3. The van der Waals surface area contributed by atoms with E-state index in [1.165, 1.54) is 11.3 Å². The maximum absolute atomic E-state index is 10.0. The Kier molecular flexibility index (Phi) is 5.99. The van der Waals surface area contributed by atoms with Crippen molar-refractivity contribution >= 4 is 11.0 Å². The lowest BCUT2D eigenvalue weighted by Crippen LogP contribution is -2.32. The molecule has 0 saturated carbocycles. The number of aromatic amines is 1. The van der Waals surface area contributed by atoms with Crippen molar-refractivity contribution in [2.24, 2.45) is 5.73 Å². The topological polar surface area (TPSA) is 91.1 Å². The van der Waals surface area contributed by atoms with Crippen molar-refractivity contribution < 1.29 is 5.11 Å². The van der Waals surface area contributed by atoms with Crippen molar-refractivity contribution in [3.8, 4) is 0 Å². The molecule has 0 fully saturated rings. The number of rotatable bonds is 7. The number of H-pyrrole nitrogens is 1. The molecule has 0 saturated heterocycles. The SMILES string of the molecule is NCc1ccc(CN(Cc2nc3ccccc3[nH]2)C2CCCc3cccnc32)c(CO)c1. The smallest absolute Gasteiger partial charge is 0.121 e. The molecule has 1 aliphatic carbocycles. The number of aliphatic hydroxyl groups excluding tert-OH is 1. The second-order valence-electron chi connectivity index (χ2n) is 8.53. The van der Waals surface area contributed by atoms with Crippen molar-refractivity contribution in [2.45, 2.75) is 51.5 Å². The molecule has 2 heterocycles. The van der Waals surface area contributed by atoms with Crippen molar-refractivity contribution in [3.63, 3.8) is 0 Å². The number of pyridine rings is 1. The van der Waals surface area contributed by atoms with E-state index in [1.807, 2.05) is 36.5 Å². The molecule has 0 amide bonds. The number of aromatic nitrogens is 3. The first-order valence-electron chi connectivity index (χ1n) is 11.3. The molecule has 5 rings (SSSR count). The minimum absolute atomic E-state index is 0.00115. The second-order valence-corrected chi connectivity index (χ2v) is 8.53. The number of para-hydroxylation sites is 2. The third kappa shape index (κ3) is 4.17. The van der Waals surface area contributed by atoms with Gasteiger partial charge in [0.2, 0.25) is 0 Å². The van der Waals surface area contributed by atoms with Crippen LogP contribution in [-0.4, -0.2) is 25.0 Å². The van der Waals surface area contributed by atoms with Gasteiger partial charge in [0.05, 0.1) is 35.9 Å². The van der Waals surface area contributed by atoms with Crippen LogP contribution in [0.2, 0.25) is 0 Å². The lowest BCUT2D eigenvalue weighted by atomic mass is 9.90. The average molecular weight is 428 g/mol. The van der Waals surface area contributed by atoms with Gasteiger partial charge < -0.3 is 15.8 Å². The summed E-state index contributed by atoms with van der Waals surface area (Å²) in [6, 6.07) is 18.7. The summed E-state index contributed by atoms with van der Waals surface area (Å²) < 4.78 is 0. The summed E-state index contributed by atoms with van der Waals surface area (Å²) in [4.78, 5) is 15.5. The summed E-state index contributed by atoms with van der Waals surface area (Å²) in [7, 11) is 0. The van der Waals surface area contributed by atoms with Crippen LogP contribution in [0, 0.1) is 0 Å². The van der Waals surface area contributed by atoms with Gasteiger partial charge in [0.1, 0.15) is 5.82 Å². The van der Waals surface area contributed by atoms with Crippen LogP contribution >= 0.6 is 0 Å². The number of aliphatic hydroxyl groups is 1. The fraction of sp³-hybridized carbons (Fsp3) is 0.308. The maximum Gasteiger partial charge on any atom is 0.121 e. The molecule has 6 nitrogen and oxygen atoms in total. The van der Waals surface area contributed by atoms with Gasteiger partial charge in [-0.25, -0.2) is 4.98 Å². The van der Waals surface area contributed by atoms with Crippen LogP contribution in [0.25, 0.3) is 11.0 Å². The van der Waals surface area contributed by atoms with Crippen LogP contribution in [0.5, 0.6) is 0 Å².